The van der Waals surface area contributed by atoms with Crippen LogP contribution in [0, 0.1) is 5.82 Å². The Bertz CT molecular complexity index is 1510. The summed E-state index contributed by atoms with van der Waals surface area (Å²) in [6.45, 7) is 2.36. The molecule has 1 fully saturated rings. The molecule has 0 atom stereocenters. The standard InChI is InChI=1S/C27H22FN7O/c28-22-10-12-23(13-11-22)35-26-24(31-32-35)25(29-18-30-26)33-14-16-34(17-15-33)27(36)21-8-6-20(7-9-21)19-4-2-1-3-5-19/h1-13,18H,14-17H2. The Morgan fingerprint density at radius 1 is 0.778 bits per heavy atom. The van der Waals surface area contributed by atoms with Crippen LogP contribution in [0.15, 0.2) is 85.2 Å². The Morgan fingerprint density at radius 3 is 2.19 bits per heavy atom. The van der Waals surface area contributed by atoms with Gasteiger partial charge in [-0.25, -0.2) is 14.4 Å². The summed E-state index contributed by atoms with van der Waals surface area (Å²) in [5, 5.41) is 8.51. The first kappa shape index (κ1) is 21.8. The maximum Gasteiger partial charge on any atom is 0.253 e. The number of carbonyl (C=O) groups is 1. The number of rotatable bonds is 4. The van der Waals surface area contributed by atoms with E-state index in [-0.39, 0.29) is 11.7 Å². The van der Waals surface area contributed by atoms with Crippen LogP contribution < -0.4 is 4.90 Å². The molecule has 1 aliphatic heterocycles. The van der Waals surface area contributed by atoms with Crippen molar-refractivity contribution in [3.8, 4) is 16.8 Å². The summed E-state index contributed by atoms with van der Waals surface area (Å²) in [4.78, 5) is 25.9. The molecule has 9 heteroatoms. The Balaban J connectivity index is 1.16. The van der Waals surface area contributed by atoms with E-state index < -0.39 is 0 Å². The minimum absolute atomic E-state index is 0.0179. The zero-order valence-corrected chi connectivity index (χ0v) is 19.3. The van der Waals surface area contributed by atoms with Crippen molar-refractivity contribution < 1.29 is 9.18 Å². The molecule has 0 radical (unpaired) electrons. The van der Waals surface area contributed by atoms with Crippen molar-refractivity contribution in [3.05, 3.63) is 96.6 Å². The number of piperazine rings is 1. The van der Waals surface area contributed by atoms with Crippen LogP contribution in [0.2, 0.25) is 0 Å². The van der Waals surface area contributed by atoms with Gasteiger partial charge in [0, 0.05) is 31.7 Å². The molecule has 1 aliphatic rings. The van der Waals surface area contributed by atoms with E-state index in [1.165, 1.54) is 18.5 Å². The predicted molar refractivity (Wildman–Crippen MR) is 134 cm³/mol. The molecule has 0 saturated carbocycles. The normalized spacial score (nSPS) is 13.8. The van der Waals surface area contributed by atoms with E-state index in [1.54, 1.807) is 16.8 Å². The van der Waals surface area contributed by atoms with Crippen LogP contribution >= 0.6 is 0 Å². The second-order valence-electron chi connectivity index (χ2n) is 8.57. The summed E-state index contributed by atoms with van der Waals surface area (Å²) >= 11 is 0. The monoisotopic (exact) mass is 479 g/mol. The van der Waals surface area contributed by atoms with Gasteiger partial charge in [0.25, 0.3) is 5.91 Å². The summed E-state index contributed by atoms with van der Waals surface area (Å²) in [6, 6.07) is 23.8. The van der Waals surface area contributed by atoms with Crippen LogP contribution in [0.5, 0.6) is 0 Å². The molecule has 3 aromatic carbocycles. The second kappa shape index (κ2) is 9.18. The third-order valence-electron chi connectivity index (χ3n) is 6.40. The molecule has 1 saturated heterocycles. The zero-order chi connectivity index (χ0) is 24.5. The first-order chi connectivity index (χ1) is 17.7. The number of carbonyl (C=O) groups excluding carboxylic acids is 1. The highest BCUT2D eigenvalue weighted by Gasteiger charge is 2.25. The number of nitrogens with zero attached hydrogens (tertiary/aromatic N) is 7. The van der Waals surface area contributed by atoms with Crippen LogP contribution in [0.1, 0.15) is 10.4 Å². The lowest BCUT2D eigenvalue weighted by atomic mass is 10.0. The van der Waals surface area contributed by atoms with Crippen molar-refractivity contribution in [1.82, 2.24) is 29.9 Å². The zero-order valence-electron chi connectivity index (χ0n) is 19.3. The van der Waals surface area contributed by atoms with Gasteiger partial charge in [-0.05, 0) is 47.5 Å². The average Bonchev–Trinajstić information content (AvgIpc) is 3.38. The quantitative estimate of drug-likeness (QED) is 0.388. The molecule has 6 rings (SSSR count). The number of benzene rings is 3. The lowest BCUT2D eigenvalue weighted by Gasteiger charge is -2.35. The van der Waals surface area contributed by atoms with Crippen molar-refractivity contribution >= 4 is 22.9 Å². The maximum atomic E-state index is 13.3. The smallest absolute Gasteiger partial charge is 0.253 e. The van der Waals surface area contributed by atoms with Gasteiger partial charge in [0.2, 0.25) is 0 Å². The van der Waals surface area contributed by atoms with Crippen LogP contribution in [-0.2, 0) is 0 Å². The maximum absolute atomic E-state index is 13.3. The summed E-state index contributed by atoms with van der Waals surface area (Å²) in [5.74, 6) is 0.370. The number of aromatic nitrogens is 5. The van der Waals surface area contributed by atoms with Gasteiger partial charge in [-0.2, -0.15) is 4.68 Å². The predicted octanol–water partition coefficient (Wildman–Crippen LogP) is 3.98. The van der Waals surface area contributed by atoms with Crippen molar-refractivity contribution in [1.29, 1.82) is 0 Å². The number of anilines is 1. The largest absolute Gasteiger partial charge is 0.351 e. The van der Waals surface area contributed by atoms with Crippen LogP contribution in [0.3, 0.4) is 0 Å². The van der Waals surface area contributed by atoms with Crippen LogP contribution in [-0.4, -0.2) is 61.9 Å². The number of halogens is 1. The fourth-order valence-corrected chi connectivity index (χ4v) is 4.46. The minimum atomic E-state index is -0.321. The molecule has 0 aliphatic carbocycles. The third-order valence-corrected chi connectivity index (χ3v) is 6.40. The molecule has 0 spiro atoms. The van der Waals surface area contributed by atoms with E-state index in [0.717, 1.165) is 11.1 Å². The molecule has 3 heterocycles. The van der Waals surface area contributed by atoms with Gasteiger partial charge in [-0.1, -0.05) is 47.7 Å². The second-order valence-corrected chi connectivity index (χ2v) is 8.57. The number of amides is 1. The topological polar surface area (TPSA) is 80.0 Å². The van der Waals surface area contributed by atoms with Gasteiger partial charge in [0.15, 0.2) is 17.0 Å². The van der Waals surface area contributed by atoms with E-state index in [4.69, 9.17) is 0 Å². The van der Waals surface area contributed by atoms with E-state index in [9.17, 15) is 9.18 Å². The average molecular weight is 480 g/mol. The molecule has 1 amide bonds. The summed E-state index contributed by atoms with van der Waals surface area (Å²) in [6.07, 6.45) is 1.48. The van der Waals surface area contributed by atoms with Crippen molar-refractivity contribution in [2.75, 3.05) is 31.1 Å². The van der Waals surface area contributed by atoms with Crippen LogP contribution in [0.4, 0.5) is 10.2 Å². The molecule has 2 aromatic heterocycles. The number of hydrogen-bond acceptors (Lipinski definition) is 6. The molecule has 0 bridgehead atoms. The van der Waals surface area contributed by atoms with Gasteiger partial charge in [0.05, 0.1) is 5.69 Å². The molecule has 5 aromatic rings. The first-order valence-electron chi connectivity index (χ1n) is 11.7. The fourth-order valence-electron chi connectivity index (χ4n) is 4.46. The molecule has 36 heavy (non-hydrogen) atoms. The Kier molecular flexibility index (Phi) is 5.57. The summed E-state index contributed by atoms with van der Waals surface area (Å²) in [5.41, 5.74) is 4.66. The van der Waals surface area contributed by atoms with Gasteiger partial charge < -0.3 is 9.80 Å². The first-order valence-corrected chi connectivity index (χ1v) is 11.7. The van der Waals surface area contributed by atoms with Gasteiger partial charge in [-0.3, -0.25) is 4.79 Å². The fraction of sp³-hybridized carbons (Fsp3) is 0.148. The van der Waals surface area contributed by atoms with E-state index in [0.29, 0.717) is 54.4 Å². The highest BCUT2D eigenvalue weighted by Crippen LogP contribution is 2.25. The SMILES string of the molecule is O=C(c1ccc(-c2ccccc2)cc1)N1CCN(c2ncnc3c2nnn3-c2ccc(F)cc2)CC1. The number of fused-ring (bicyclic) bond motifs is 1. The van der Waals surface area contributed by atoms with Crippen molar-refractivity contribution in [2.45, 2.75) is 0 Å². The molecule has 0 N–H and O–H groups in total. The van der Waals surface area contributed by atoms with E-state index in [1.807, 2.05) is 47.4 Å². The highest BCUT2D eigenvalue weighted by atomic mass is 19.1. The molecule has 8 nitrogen and oxygen atoms in total. The molecule has 178 valence electrons. The van der Waals surface area contributed by atoms with Crippen molar-refractivity contribution in [3.63, 3.8) is 0 Å². The van der Waals surface area contributed by atoms with Crippen LogP contribution in [0.25, 0.3) is 28.0 Å². The summed E-state index contributed by atoms with van der Waals surface area (Å²) < 4.78 is 14.9. The van der Waals surface area contributed by atoms with Crippen molar-refractivity contribution in [2.24, 2.45) is 0 Å². The van der Waals surface area contributed by atoms with E-state index >= 15 is 0 Å². The highest BCUT2D eigenvalue weighted by molar-refractivity contribution is 5.95. The lowest BCUT2D eigenvalue weighted by Crippen LogP contribution is -2.49. The molecular formula is C27H22FN7O. The van der Waals surface area contributed by atoms with Gasteiger partial charge in [0.1, 0.15) is 12.1 Å². The third kappa shape index (κ3) is 4.04. The Morgan fingerprint density at radius 2 is 1.47 bits per heavy atom. The molecular weight excluding hydrogens is 457 g/mol. The Hall–Kier alpha value is -4.66. The van der Waals surface area contributed by atoms with E-state index in [2.05, 4.69) is 37.3 Å². The van der Waals surface area contributed by atoms with Gasteiger partial charge >= 0.3 is 0 Å². The molecule has 0 unspecified atom stereocenters. The lowest BCUT2D eigenvalue weighted by molar-refractivity contribution is 0.0746. The Labute approximate surface area is 206 Å². The summed E-state index contributed by atoms with van der Waals surface area (Å²) in [7, 11) is 0. The minimum Gasteiger partial charge on any atom is -0.351 e. The number of hydrogen-bond donors (Lipinski definition) is 0. The van der Waals surface area contributed by atoms with Gasteiger partial charge in [-0.15, -0.1) is 5.10 Å².